The van der Waals surface area contributed by atoms with Gasteiger partial charge in [-0.1, -0.05) is 0 Å². The standard InChI is InChI=1S/C11H20N2O2/c1-10-11(14,5-8-15-10)9-13-7-4-2-3-6-12/h10,13-14H,2-5,7-9H2,1H3. The van der Waals surface area contributed by atoms with Crippen LogP contribution in [0, 0.1) is 11.3 Å². The van der Waals surface area contributed by atoms with E-state index in [0.29, 0.717) is 26.0 Å². The van der Waals surface area contributed by atoms with Crippen LogP contribution in [0.2, 0.25) is 0 Å². The molecule has 0 aromatic carbocycles. The molecule has 1 saturated heterocycles. The van der Waals surface area contributed by atoms with E-state index in [-0.39, 0.29) is 6.10 Å². The molecule has 0 aromatic heterocycles. The first kappa shape index (κ1) is 12.4. The van der Waals surface area contributed by atoms with Gasteiger partial charge in [0.25, 0.3) is 0 Å². The van der Waals surface area contributed by atoms with Crippen molar-refractivity contribution in [2.75, 3.05) is 19.7 Å². The van der Waals surface area contributed by atoms with Crippen molar-refractivity contribution in [3.05, 3.63) is 0 Å². The minimum Gasteiger partial charge on any atom is -0.386 e. The van der Waals surface area contributed by atoms with E-state index >= 15 is 0 Å². The third-order valence-corrected chi connectivity index (χ3v) is 2.98. The first-order chi connectivity index (χ1) is 7.19. The lowest BCUT2D eigenvalue weighted by Gasteiger charge is -2.26. The van der Waals surface area contributed by atoms with Gasteiger partial charge >= 0.3 is 0 Å². The predicted octanol–water partition coefficient (Wildman–Crippen LogP) is 0.810. The van der Waals surface area contributed by atoms with Gasteiger partial charge in [-0.15, -0.1) is 0 Å². The van der Waals surface area contributed by atoms with Crippen molar-refractivity contribution in [2.45, 2.75) is 44.3 Å². The van der Waals surface area contributed by atoms with Gasteiger partial charge in [-0.2, -0.15) is 5.26 Å². The zero-order chi connectivity index (χ0) is 11.1. The normalized spacial score (nSPS) is 30.3. The second kappa shape index (κ2) is 6.06. The molecular weight excluding hydrogens is 192 g/mol. The van der Waals surface area contributed by atoms with Gasteiger partial charge in [0.05, 0.1) is 12.2 Å². The zero-order valence-corrected chi connectivity index (χ0v) is 9.33. The number of aliphatic hydroxyl groups is 1. The van der Waals surface area contributed by atoms with E-state index in [9.17, 15) is 5.11 Å². The maximum atomic E-state index is 10.1. The first-order valence-electron chi connectivity index (χ1n) is 5.61. The van der Waals surface area contributed by atoms with Crippen LogP contribution in [0.3, 0.4) is 0 Å². The Hall–Kier alpha value is -0.630. The number of rotatable bonds is 6. The Morgan fingerprint density at radius 2 is 2.40 bits per heavy atom. The fourth-order valence-corrected chi connectivity index (χ4v) is 1.76. The molecule has 0 saturated carbocycles. The molecule has 4 heteroatoms. The average molecular weight is 212 g/mol. The predicted molar refractivity (Wildman–Crippen MR) is 57.3 cm³/mol. The Morgan fingerprint density at radius 1 is 1.60 bits per heavy atom. The van der Waals surface area contributed by atoms with Gasteiger partial charge < -0.3 is 15.2 Å². The summed E-state index contributed by atoms with van der Waals surface area (Å²) >= 11 is 0. The Labute approximate surface area is 91.2 Å². The molecule has 0 amide bonds. The van der Waals surface area contributed by atoms with E-state index < -0.39 is 5.60 Å². The van der Waals surface area contributed by atoms with Crippen molar-refractivity contribution in [1.82, 2.24) is 5.32 Å². The highest BCUT2D eigenvalue weighted by molar-refractivity contribution is 4.91. The molecule has 2 unspecified atom stereocenters. The number of unbranched alkanes of at least 4 members (excludes halogenated alkanes) is 2. The highest BCUT2D eigenvalue weighted by Crippen LogP contribution is 2.24. The van der Waals surface area contributed by atoms with Crippen molar-refractivity contribution in [3.63, 3.8) is 0 Å². The number of nitriles is 1. The van der Waals surface area contributed by atoms with Gasteiger partial charge in [0, 0.05) is 26.0 Å². The van der Waals surface area contributed by atoms with E-state index in [1.165, 1.54) is 0 Å². The van der Waals surface area contributed by atoms with Crippen molar-refractivity contribution in [2.24, 2.45) is 0 Å². The molecule has 86 valence electrons. The molecule has 0 radical (unpaired) electrons. The van der Waals surface area contributed by atoms with Crippen molar-refractivity contribution >= 4 is 0 Å². The van der Waals surface area contributed by atoms with Crippen molar-refractivity contribution < 1.29 is 9.84 Å². The molecule has 1 heterocycles. The topological polar surface area (TPSA) is 65.3 Å². The molecule has 0 aliphatic carbocycles. The fraction of sp³-hybridized carbons (Fsp3) is 0.909. The lowest BCUT2D eigenvalue weighted by Crippen LogP contribution is -2.46. The van der Waals surface area contributed by atoms with Crippen LogP contribution in [-0.4, -0.2) is 36.5 Å². The summed E-state index contributed by atoms with van der Waals surface area (Å²) in [6, 6.07) is 2.12. The number of hydrogen-bond donors (Lipinski definition) is 2. The van der Waals surface area contributed by atoms with Crippen molar-refractivity contribution in [3.8, 4) is 6.07 Å². The lowest BCUT2D eigenvalue weighted by atomic mass is 9.97. The molecule has 0 bridgehead atoms. The van der Waals surface area contributed by atoms with Crippen molar-refractivity contribution in [1.29, 1.82) is 5.26 Å². The maximum Gasteiger partial charge on any atom is 0.105 e. The number of ether oxygens (including phenoxy) is 1. The second-order valence-electron chi connectivity index (χ2n) is 4.16. The molecule has 0 spiro atoms. The summed E-state index contributed by atoms with van der Waals surface area (Å²) in [4.78, 5) is 0. The van der Waals surface area contributed by atoms with Crippen LogP contribution in [0.1, 0.15) is 32.6 Å². The maximum absolute atomic E-state index is 10.1. The van der Waals surface area contributed by atoms with E-state index in [4.69, 9.17) is 10.00 Å². The number of nitrogens with one attached hydrogen (secondary N) is 1. The summed E-state index contributed by atoms with van der Waals surface area (Å²) in [6.45, 7) is 4.00. The highest BCUT2D eigenvalue weighted by Gasteiger charge is 2.38. The fourth-order valence-electron chi connectivity index (χ4n) is 1.76. The van der Waals surface area contributed by atoms with Crippen LogP contribution < -0.4 is 5.32 Å². The molecular formula is C11H20N2O2. The van der Waals surface area contributed by atoms with Crippen LogP contribution in [-0.2, 0) is 4.74 Å². The average Bonchev–Trinajstić information content (AvgIpc) is 2.54. The largest absolute Gasteiger partial charge is 0.386 e. The SMILES string of the molecule is CC1OCCC1(O)CNCCCCC#N. The van der Waals surface area contributed by atoms with Gasteiger partial charge in [-0.25, -0.2) is 0 Å². The molecule has 0 aromatic rings. The van der Waals surface area contributed by atoms with E-state index in [2.05, 4.69) is 11.4 Å². The molecule has 2 N–H and O–H groups in total. The summed E-state index contributed by atoms with van der Waals surface area (Å²) in [5.41, 5.74) is -0.699. The van der Waals surface area contributed by atoms with Gasteiger partial charge in [0.15, 0.2) is 0 Å². The van der Waals surface area contributed by atoms with Crippen LogP contribution in [0.4, 0.5) is 0 Å². The minimum absolute atomic E-state index is 0.0795. The molecule has 1 aliphatic heterocycles. The molecule has 4 nitrogen and oxygen atoms in total. The Bertz CT molecular complexity index is 227. The van der Waals surface area contributed by atoms with E-state index in [1.54, 1.807) is 0 Å². The monoisotopic (exact) mass is 212 g/mol. The van der Waals surface area contributed by atoms with Crippen LogP contribution >= 0.6 is 0 Å². The lowest BCUT2D eigenvalue weighted by molar-refractivity contribution is -0.0260. The smallest absolute Gasteiger partial charge is 0.105 e. The third-order valence-electron chi connectivity index (χ3n) is 2.98. The number of nitrogens with zero attached hydrogens (tertiary/aromatic N) is 1. The van der Waals surface area contributed by atoms with E-state index in [0.717, 1.165) is 19.4 Å². The third kappa shape index (κ3) is 3.78. The molecule has 1 aliphatic rings. The summed E-state index contributed by atoms with van der Waals surface area (Å²) < 4.78 is 5.33. The summed E-state index contributed by atoms with van der Waals surface area (Å²) in [7, 11) is 0. The highest BCUT2D eigenvalue weighted by atomic mass is 16.5. The molecule has 15 heavy (non-hydrogen) atoms. The van der Waals surface area contributed by atoms with Gasteiger partial charge in [0.2, 0.25) is 0 Å². The molecule has 2 atom stereocenters. The molecule has 1 rings (SSSR count). The zero-order valence-electron chi connectivity index (χ0n) is 9.33. The van der Waals surface area contributed by atoms with Crippen LogP contribution in [0.5, 0.6) is 0 Å². The second-order valence-corrected chi connectivity index (χ2v) is 4.16. The quantitative estimate of drug-likeness (QED) is 0.639. The molecule has 1 fully saturated rings. The van der Waals surface area contributed by atoms with Crippen LogP contribution in [0.15, 0.2) is 0 Å². The summed E-state index contributed by atoms with van der Waals surface area (Å²) in [5.74, 6) is 0. The Kier molecular flexibility index (Phi) is 5.03. The Balaban J connectivity index is 2.07. The summed E-state index contributed by atoms with van der Waals surface area (Å²) in [6.07, 6.45) is 3.15. The Morgan fingerprint density at radius 3 is 3.00 bits per heavy atom. The van der Waals surface area contributed by atoms with E-state index in [1.807, 2.05) is 6.92 Å². The first-order valence-corrected chi connectivity index (χ1v) is 5.61. The minimum atomic E-state index is -0.699. The van der Waals surface area contributed by atoms with Crippen LogP contribution in [0.25, 0.3) is 0 Å². The van der Waals surface area contributed by atoms with Gasteiger partial charge in [-0.3, -0.25) is 0 Å². The summed E-state index contributed by atoms with van der Waals surface area (Å²) in [5, 5.41) is 21.7. The van der Waals surface area contributed by atoms with Gasteiger partial charge in [-0.05, 0) is 26.3 Å². The number of hydrogen-bond acceptors (Lipinski definition) is 4. The van der Waals surface area contributed by atoms with Gasteiger partial charge in [0.1, 0.15) is 5.60 Å².